The topological polar surface area (TPSA) is 105 Å². The van der Waals surface area contributed by atoms with Crippen LogP contribution in [0.5, 0.6) is 0 Å². The summed E-state index contributed by atoms with van der Waals surface area (Å²) in [6, 6.07) is 14.2. The van der Waals surface area contributed by atoms with Gasteiger partial charge in [-0.05, 0) is 50.5 Å². The molecule has 2 heterocycles. The average Bonchev–Trinajstić information content (AvgIpc) is 3.24. The highest BCUT2D eigenvalue weighted by Gasteiger charge is 2.33. The Labute approximate surface area is 181 Å². The first-order chi connectivity index (χ1) is 14.8. The summed E-state index contributed by atoms with van der Waals surface area (Å²) in [6.07, 6.45) is 1.19. The first kappa shape index (κ1) is 21.2. The number of sulfonamides is 1. The molecule has 4 rings (SSSR count). The van der Waals surface area contributed by atoms with Crippen LogP contribution in [0, 0.1) is 19.8 Å². The molecule has 8 nitrogen and oxygen atoms in total. The molecule has 0 radical (unpaired) electrons. The van der Waals surface area contributed by atoms with Gasteiger partial charge in [0.05, 0.1) is 10.8 Å². The zero-order chi connectivity index (χ0) is 22.0. The fourth-order valence-corrected chi connectivity index (χ4v) is 5.22. The molecule has 1 unspecified atom stereocenters. The van der Waals surface area contributed by atoms with Crippen LogP contribution in [-0.2, 0) is 14.8 Å². The highest BCUT2D eigenvalue weighted by Crippen LogP contribution is 2.27. The Kier molecular flexibility index (Phi) is 5.88. The van der Waals surface area contributed by atoms with Gasteiger partial charge in [-0.15, -0.1) is 5.10 Å². The molecule has 2 aromatic carbocycles. The van der Waals surface area contributed by atoms with Crippen molar-refractivity contribution >= 4 is 21.9 Å². The number of anilines is 1. The van der Waals surface area contributed by atoms with Gasteiger partial charge in [0.25, 0.3) is 0 Å². The molecule has 9 heteroatoms. The van der Waals surface area contributed by atoms with Gasteiger partial charge in [-0.3, -0.25) is 10.1 Å². The van der Waals surface area contributed by atoms with Gasteiger partial charge in [-0.2, -0.15) is 4.31 Å². The van der Waals surface area contributed by atoms with Gasteiger partial charge in [-0.1, -0.05) is 41.0 Å². The van der Waals surface area contributed by atoms with E-state index in [1.165, 1.54) is 4.31 Å². The van der Waals surface area contributed by atoms with Crippen LogP contribution in [0.1, 0.15) is 24.0 Å². The Morgan fingerprint density at radius 3 is 2.68 bits per heavy atom. The normalized spacial score (nSPS) is 17.4. The molecule has 0 bridgehead atoms. The van der Waals surface area contributed by atoms with Gasteiger partial charge in [-0.25, -0.2) is 8.42 Å². The molecule has 1 atom stereocenters. The van der Waals surface area contributed by atoms with E-state index in [0.717, 1.165) is 16.7 Å². The number of nitrogens with zero attached hydrogens (tertiary/aromatic N) is 3. The number of rotatable bonds is 5. The highest BCUT2D eigenvalue weighted by atomic mass is 32.2. The lowest BCUT2D eigenvalue weighted by atomic mass is 9.99. The summed E-state index contributed by atoms with van der Waals surface area (Å²) in [7, 11) is -3.64. The molecule has 1 aromatic heterocycles. The van der Waals surface area contributed by atoms with E-state index < -0.39 is 15.9 Å². The quantitative estimate of drug-likeness (QED) is 0.652. The number of carbonyl (C=O) groups excluding carboxylic acids is 1. The Morgan fingerprint density at radius 1 is 1.13 bits per heavy atom. The number of benzene rings is 2. The third-order valence-corrected chi connectivity index (χ3v) is 7.29. The van der Waals surface area contributed by atoms with Crippen molar-refractivity contribution in [1.29, 1.82) is 0 Å². The van der Waals surface area contributed by atoms with Crippen LogP contribution in [-0.4, -0.2) is 41.9 Å². The number of hydrogen-bond acceptors (Lipinski definition) is 6. The van der Waals surface area contributed by atoms with Gasteiger partial charge in [0, 0.05) is 18.7 Å². The van der Waals surface area contributed by atoms with Crippen LogP contribution in [0.15, 0.2) is 57.8 Å². The maximum absolute atomic E-state index is 12.9. The maximum atomic E-state index is 12.9. The number of amides is 1. The second-order valence-corrected chi connectivity index (χ2v) is 9.67. The van der Waals surface area contributed by atoms with Crippen LogP contribution in [0.2, 0.25) is 0 Å². The second kappa shape index (κ2) is 8.60. The first-order valence-electron chi connectivity index (χ1n) is 10.1. The summed E-state index contributed by atoms with van der Waals surface area (Å²) < 4.78 is 32.8. The third-order valence-electron chi connectivity index (χ3n) is 5.41. The van der Waals surface area contributed by atoms with Crippen molar-refractivity contribution in [2.24, 2.45) is 5.92 Å². The molecular formula is C22H24N4O4S. The molecule has 162 valence electrons. The molecule has 1 fully saturated rings. The standard InChI is InChI=1S/C22H24N4O4S/c1-15-10-11-16(2)19(13-15)21-24-25-22(30-21)23-20(27)17-7-6-12-26(14-17)31(28,29)18-8-4-3-5-9-18/h3-5,8-11,13,17H,6-7,12,14H2,1-2H3,(H,23,25,27). The lowest BCUT2D eigenvalue weighted by molar-refractivity contribution is -0.121. The van der Waals surface area contributed by atoms with E-state index >= 15 is 0 Å². The van der Waals surface area contributed by atoms with Crippen molar-refractivity contribution in [1.82, 2.24) is 14.5 Å². The van der Waals surface area contributed by atoms with E-state index in [0.29, 0.717) is 25.3 Å². The highest BCUT2D eigenvalue weighted by molar-refractivity contribution is 7.89. The number of aromatic nitrogens is 2. The van der Waals surface area contributed by atoms with Gasteiger partial charge >= 0.3 is 6.01 Å². The van der Waals surface area contributed by atoms with Crippen molar-refractivity contribution in [2.75, 3.05) is 18.4 Å². The van der Waals surface area contributed by atoms with Crippen LogP contribution in [0.25, 0.3) is 11.5 Å². The predicted octanol–water partition coefficient (Wildman–Crippen LogP) is 3.39. The molecular weight excluding hydrogens is 416 g/mol. The summed E-state index contributed by atoms with van der Waals surface area (Å²) in [5, 5.41) is 10.6. The minimum absolute atomic E-state index is 0.00365. The van der Waals surface area contributed by atoms with Gasteiger partial charge < -0.3 is 4.42 Å². The fraction of sp³-hybridized carbons (Fsp3) is 0.318. The number of aryl methyl sites for hydroxylation is 2. The van der Waals surface area contributed by atoms with E-state index in [1.807, 2.05) is 32.0 Å². The molecule has 1 saturated heterocycles. The number of carbonyl (C=O) groups is 1. The fourth-order valence-electron chi connectivity index (χ4n) is 3.67. The maximum Gasteiger partial charge on any atom is 0.322 e. The molecule has 0 saturated carbocycles. The molecule has 1 aliphatic rings. The number of piperidine rings is 1. The lowest BCUT2D eigenvalue weighted by Crippen LogP contribution is -2.43. The lowest BCUT2D eigenvalue weighted by Gasteiger charge is -2.30. The van der Waals surface area contributed by atoms with Crippen LogP contribution in [0.3, 0.4) is 0 Å². The molecule has 0 spiro atoms. The summed E-state index contributed by atoms with van der Waals surface area (Å²) in [5.41, 5.74) is 2.86. The van der Waals surface area contributed by atoms with Crippen LogP contribution in [0.4, 0.5) is 6.01 Å². The van der Waals surface area contributed by atoms with Crippen molar-refractivity contribution < 1.29 is 17.6 Å². The summed E-state index contributed by atoms with van der Waals surface area (Å²) in [6.45, 7) is 4.42. The van der Waals surface area contributed by atoms with E-state index in [9.17, 15) is 13.2 Å². The van der Waals surface area contributed by atoms with Crippen molar-refractivity contribution in [2.45, 2.75) is 31.6 Å². The Bertz CT molecular complexity index is 1190. The van der Waals surface area contributed by atoms with Crippen molar-refractivity contribution in [3.05, 3.63) is 59.7 Å². The van der Waals surface area contributed by atoms with E-state index in [4.69, 9.17) is 4.42 Å². The van der Waals surface area contributed by atoms with Crippen LogP contribution < -0.4 is 5.32 Å². The minimum Gasteiger partial charge on any atom is -0.403 e. The Balaban J connectivity index is 1.46. The first-order valence-corrected chi connectivity index (χ1v) is 11.6. The zero-order valence-electron chi connectivity index (χ0n) is 17.4. The van der Waals surface area contributed by atoms with Crippen molar-refractivity contribution in [3.8, 4) is 11.5 Å². The molecule has 1 amide bonds. The number of hydrogen-bond donors (Lipinski definition) is 1. The molecule has 1 N–H and O–H groups in total. The van der Waals surface area contributed by atoms with Crippen LogP contribution >= 0.6 is 0 Å². The largest absolute Gasteiger partial charge is 0.403 e. The number of nitrogens with one attached hydrogen (secondary N) is 1. The van der Waals surface area contributed by atoms with E-state index in [1.54, 1.807) is 30.3 Å². The summed E-state index contributed by atoms with van der Waals surface area (Å²) >= 11 is 0. The minimum atomic E-state index is -3.64. The monoisotopic (exact) mass is 440 g/mol. The van der Waals surface area contributed by atoms with E-state index in [-0.39, 0.29) is 23.4 Å². The predicted molar refractivity (Wildman–Crippen MR) is 116 cm³/mol. The molecule has 1 aliphatic heterocycles. The second-order valence-electron chi connectivity index (χ2n) is 7.74. The molecule has 0 aliphatic carbocycles. The van der Waals surface area contributed by atoms with Gasteiger partial charge in [0.15, 0.2) is 0 Å². The smallest absolute Gasteiger partial charge is 0.322 e. The zero-order valence-corrected chi connectivity index (χ0v) is 18.2. The average molecular weight is 441 g/mol. The van der Waals surface area contributed by atoms with Gasteiger partial charge in [0.1, 0.15) is 0 Å². The molecule has 3 aromatic rings. The van der Waals surface area contributed by atoms with Crippen molar-refractivity contribution in [3.63, 3.8) is 0 Å². The Morgan fingerprint density at radius 2 is 1.90 bits per heavy atom. The summed E-state index contributed by atoms with van der Waals surface area (Å²) in [5.74, 6) is -0.499. The third kappa shape index (κ3) is 4.52. The molecule has 31 heavy (non-hydrogen) atoms. The Hall–Kier alpha value is -3.04. The summed E-state index contributed by atoms with van der Waals surface area (Å²) in [4.78, 5) is 13.0. The SMILES string of the molecule is Cc1ccc(C)c(-c2nnc(NC(=O)C3CCCN(S(=O)(=O)c4ccccc4)C3)o2)c1. The van der Waals surface area contributed by atoms with Gasteiger partial charge in [0.2, 0.25) is 21.8 Å². The van der Waals surface area contributed by atoms with E-state index in [2.05, 4.69) is 15.5 Å².